The molecule has 0 spiro atoms. The molecule has 1 amide bonds. The summed E-state index contributed by atoms with van der Waals surface area (Å²) in [4.78, 5) is 29.8. The Balaban J connectivity index is 0.000000540. The average molecular weight is 489 g/mol. The molecule has 1 aromatic heterocycles. The molecule has 0 saturated carbocycles. The number of carbonyl (C=O) groups excluding carboxylic acids is 1. The molecule has 0 bridgehead atoms. The molecule has 0 unspecified atom stereocenters. The third-order valence-corrected chi connectivity index (χ3v) is 4.45. The van der Waals surface area contributed by atoms with E-state index in [4.69, 9.17) is 9.90 Å². The van der Waals surface area contributed by atoms with Crippen molar-refractivity contribution >= 4 is 29.3 Å². The zero-order chi connectivity index (χ0) is 25.8. The molecule has 0 fully saturated rings. The van der Waals surface area contributed by atoms with Crippen LogP contribution in [0.2, 0.25) is 0 Å². The van der Waals surface area contributed by atoms with E-state index in [9.17, 15) is 18.0 Å². The van der Waals surface area contributed by atoms with Gasteiger partial charge in [-0.15, -0.1) is 0 Å². The highest BCUT2D eigenvalue weighted by Gasteiger charge is 2.38. The maximum atomic E-state index is 12.0. The lowest BCUT2D eigenvalue weighted by molar-refractivity contribution is -0.192. The van der Waals surface area contributed by atoms with Gasteiger partial charge in [0, 0.05) is 37.0 Å². The molecule has 186 valence electrons. The lowest BCUT2D eigenvalue weighted by Crippen LogP contribution is -2.21. The largest absolute Gasteiger partial charge is 0.490 e. The second-order valence-corrected chi connectivity index (χ2v) is 7.46. The molecule has 0 atom stereocenters. The van der Waals surface area contributed by atoms with Gasteiger partial charge in [0.1, 0.15) is 5.82 Å². The first kappa shape index (κ1) is 27.1. The summed E-state index contributed by atoms with van der Waals surface area (Å²) < 4.78 is 31.7. The summed E-state index contributed by atoms with van der Waals surface area (Å²) >= 11 is 0. The van der Waals surface area contributed by atoms with E-state index in [0.717, 1.165) is 17.1 Å². The molecule has 0 radical (unpaired) electrons. The van der Waals surface area contributed by atoms with E-state index in [1.807, 2.05) is 43.3 Å². The van der Waals surface area contributed by atoms with Gasteiger partial charge in [-0.1, -0.05) is 48.0 Å². The number of carbonyl (C=O) groups is 2. The Morgan fingerprint density at radius 1 is 1.00 bits per heavy atom. The normalized spacial score (nSPS) is 10.5. The number of aliphatic carboxylic acids is 1. The lowest BCUT2D eigenvalue weighted by atomic mass is 10.1. The number of hydrogen-bond donors (Lipinski definition) is 4. The minimum Gasteiger partial charge on any atom is -0.475 e. The average Bonchev–Trinajstić information content (AvgIpc) is 2.80. The van der Waals surface area contributed by atoms with Crippen molar-refractivity contribution in [1.29, 1.82) is 0 Å². The van der Waals surface area contributed by atoms with Gasteiger partial charge in [-0.3, -0.25) is 4.79 Å². The highest BCUT2D eigenvalue weighted by atomic mass is 19.4. The number of carboxylic acids is 1. The van der Waals surface area contributed by atoms with Crippen molar-refractivity contribution in [1.82, 2.24) is 9.97 Å². The molecule has 3 aromatic rings. The van der Waals surface area contributed by atoms with Crippen molar-refractivity contribution in [2.75, 3.05) is 22.5 Å². The van der Waals surface area contributed by atoms with Crippen LogP contribution < -0.4 is 16.0 Å². The van der Waals surface area contributed by atoms with Crippen LogP contribution in [-0.4, -0.2) is 39.7 Å². The van der Waals surface area contributed by atoms with Gasteiger partial charge < -0.3 is 21.1 Å². The molecule has 0 aliphatic carbocycles. The van der Waals surface area contributed by atoms with Gasteiger partial charge in [-0.05, 0) is 31.5 Å². The number of aryl methyl sites for hydroxylation is 2. The summed E-state index contributed by atoms with van der Waals surface area (Å²) in [6, 6.07) is 17.7. The number of para-hydroxylation sites is 1. The predicted octanol–water partition coefficient (Wildman–Crippen LogP) is 4.78. The fourth-order valence-electron chi connectivity index (χ4n) is 2.75. The number of halogens is 3. The van der Waals surface area contributed by atoms with Crippen LogP contribution in [0.3, 0.4) is 0 Å². The van der Waals surface area contributed by atoms with Crippen molar-refractivity contribution in [3.63, 3.8) is 0 Å². The Bertz CT molecular complexity index is 1120. The minimum absolute atomic E-state index is 0.0387. The predicted molar refractivity (Wildman–Crippen MR) is 127 cm³/mol. The van der Waals surface area contributed by atoms with Crippen molar-refractivity contribution in [2.45, 2.75) is 33.0 Å². The molecule has 11 heteroatoms. The zero-order valence-electron chi connectivity index (χ0n) is 19.2. The van der Waals surface area contributed by atoms with E-state index >= 15 is 0 Å². The second-order valence-electron chi connectivity index (χ2n) is 7.46. The van der Waals surface area contributed by atoms with Gasteiger partial charge >= 0.3 is 12.1 Å². The number of aromatic nitrogens is 2. The summed E-state index contributed by atoms with van der Waals surface area (Å²) in [7, 11) is 0. The molecule has 0 saturated heterocycles. The SMILES string of the molecule is Cc1cccc(CNc2ncc(C)c(NCCC(=O)Nc3ccccc3)n2)c1.O=C(O)C(F)(F)F. The first-order valence-electron chi connectivity index (χ1n) is 10.6. The Morgan fingerprint density at radius 2 is 1.69 bits per heavy atom. The maximum absolute atomic E-state index is 12.0. The first-order chi connectivity index (χ1) is 16.5. The van der Waals surface area contributed by atoms with Crippen molar-refractivity contribution < 1.29 is 27.9 Å². The number of benzene rings is 2. The smallest absolute Gasteiger partial charge is 0.475 e. The number of hydrogen-bond acceptors (Lipinski definition) is 6. The fourth-order valence-corrected chi connectivity index (χ4v) is 2.75. The maximum Gasteiger partial charge on any atom is 0.490 e. The van der Waals surface area contributed by atoms with Crippen LogP contribution in [0.1, 0.15) is 23.1 Å². The summed E-state index contributed by atoms with van der Waals surface area (Å²) in [6.45, 7) is 5.16. The molecular formula is C24H26F3N5O3. The molecular weight excluding hydrogens is 463 g/mol. The molecule has 0 aliphatic heterocycles. The topological polar surface area (TPSA) is 116 Å². The van der Waals surface area contributed by atoms with Crippen molar-refractivity contribution in [3.8, 4) is 0 Å². The molecule has 35 heavy (non-hydrogen) atoms. The summed E-state index contributed by atoms with van der Waals surface area (Å²) in [6.07, 6.45) is -2.96. The fraction of sp³-hybridized carbons (Fsp3) is 0.250. The van der Waals surface area contributed by atoms with Gasteiger partial charge in [-0.25, -0.2) is 9.78 Å². The van der Waals surface area contributed by atoms with Crippen molar-refractivity contribution in [3.05, 3.63) is 77.5 Å². The number of nitrogens with one attached hydrogen (secondary N) is 3. The quantitative estimate of drug-likeness (QED) is 0.360. The van der Waals surface area contributed by atoms with Crippen LogP contribution in [0.5, 0.6) is 0 Å². The van der Waals surface area contributed by atoms with Crippen LogP contribution in [-0.2, 0) is 16.1 Å². The van der Waals surface area contributed by atoms with E-state index in [1.165, 1.54) is 11.1 Å². The van der Waals surface area contributed by atoms with Gasteiger partial charge in [0.2, 0.25) is 11.9 Å². The Kier molecular flexibility index (Phi) is 10.0. The lowest BCUT2D eigenvalue weighted by Gasteiger charge is -2.11. The summed E-state index contributed by atoms with van der Waals surface area (Å²) in [5.74, 6) is -1.51. The number of nitrogens with zero attached hydrogens (tertiary/aromatic N) is 2. The summed E-state index contributed by atoms with van der Waals surface area (Å²) in [5, 5.41) is 16.5. The number of rotatable bonds is 8. The first-order valence-corrected chi connectivity index (χ1v) is 10.6. The molecule has 1 heterocycles. The number of alkyl halides is 3. The van der Waals surface area contributed by atoms with Crippen LogP contribution >= 0.6 is 0 Å². The van der Waals surface area contributed by atoms with Crippen LogP contribution in [0.4, 0.5) is 30.6 Å². The molecule has 3 rings (SSSR count). The highest BCUT2D eigenvalue weighted by molar-refractivity contribution is 5.90. The Hall–Kier alpha value is -4.15. The third kappa shape index (κ3) is 10.1. The Morgan fingerprint density at radius 3 is 2.31 bits per heavy atom. The number of amides is 1. The van der Waals surface area contributed by atoms with Crippen LogP contribution in [0.25, 0.3) is 0 Å². The summed E-state index contributed by atoms with van der Waals surface area (Å²) in [5.41, 5.74) is 4.13. The van der Waals surface area contributed by atoms with Gasteiger partial charge in [0.05, 0.1) is 0 Å². The Labute approximate surface area is 200 Å². The highest BCUT2D eigenvalue weighted by Crippen LogP contribution is 2.14. The molecule has 0 aliphatic rings. The monoisotopic (exact) mass is 489 g/mol. The van der Waals surface area contributed by atoms with Crippen LogP contribution in [0, 0.1) is 13.8 Å². The van der Waals surface area contributed by atoms with E-state index in [1.54, 1.807) is 6.20 Å². The minimum atomic E-state index is -5.08. The van der Waals surface area contributed by atoms with Crippen LogP contribution in [0.15, 0.2) is 60.8 Å². The van der Waals surface area contributed by atoms with E-state index in [2.05, 4.69) is 51.0 Å². The number of carboxylic acid groups (broad SMARTS) is 1. The van der Waals surface area contributed by atoms with Gasteiger partial charge in [-0.2, -0.15) is 18.2 Å². The number of anilines is 3. The zero-order valence-corrected chi connectivity index (χ0v) is 19.2. The third-order valence-electron chi connectivity index (χ3n) is 4.45. The second kappa shape index (κ2) is 12.9. The van der Waals surface area contributed by atoms with E-state index in [0.29, 0.717) is 25.5 Å². The standard InChI is InChI=1S/C22H25N5O.C2HF3O2/c1-16-7-6-8-18(13-16)15-25-22-24-14-17(2)21(27-22)23-12-11-20(28)26-19-9-4-3-5-10-19;3-2(4,5)1(6)7/h3-10,13-14H,11-12,15H2,1-2H3,(H,26,28)(H2,23,24,25,27);(H,6,7). The molecule has 8 nitrogen and oxygen atoms in total. The van der Waals surface area contributed by atoms with Gasteiger partial charge in [0.25, 0.3) is 0 Å². The van der Waals surface area contributed by atoms with Gasteiger partial charge in [0.15, 0.2) is 0 Å². The van der Waals surface area contributed by atoms with Crippen molar-refractivity contribution in [2.24, 2.45) is 0 Å². The van der Waals surface area contributed by atoms with E-state index in [-0.39, 0.29) is 5.91 Å². The molecule has 4 N–H and O–H groups in total. The van der Waals surface area contributed by atoms with E-state index < -0.39 is 12.1 Å². The molecule has 2 aromatic carbocycles.